The predicted molar refractivity (Wildman–Crippen MR) is 126 cm³/mol. The Hall–Kier alpha value is -3.65. The lowest BCUT2D eigenvalue weighted by molar-refractivity contribution is -0.136. The molecule has 1 aromatic heterocycles. The molecule has 8 heteroatoms. The summed E-state index contributed by atoms with van der Waals surface area (Å²) >= 11 is 1.28. The van der Waals surface area contributed by atoms with E-state index < -0.39 is 12.0 Å². The van der Waals surface area contributed by atoms with Crippen LogP contribution in [0, 0.1) is 0 Å². The van der Waals surface area contributed by atoms with Gasteiger partial charge >= 0.3 is 5.97 Å². The van der Waals surface area contributed by atoms with Gasteiger partial charge < -0.3 is 14.2 Å². The summed E-state index contributed by atoms with van der Waals surface area (Å²) in [4.78, 5) is 31.0. The van der Waals surface area contributed by atoms with Crippen molar-refractivity contribution in [1.82, 2.24) is 4.57 Å². The van der Waals surface area contributed by atoms with E-state index >= 15 is 0 Å². The van der Waals surface area contributed by atoms with Crippen LogP contribution in [0.3, 0.4) is 0 Å². The SMILES string of the molecule is CCOc1ccc([C@H]2C(C(=O)OC)=CN=c3s/c(=C\c4ccccc4)c(=O)n32)cc1OCC. The number of ether oxygens (including phenoxy) is 3. The van der Waals surface area contributed by atoms with E-state index in [-0.39, 0.29) is 11.1 Å². The molecule has 170 valence electrons. The van der Waals surface area contributed by atoms with E-state index in [9.17, 15) is 9.59 Å². The summed E-state index contributed by atoms with van der Waals surface area (Å²) in [5.41, 5.74) is 1.64. The topological polar surface area (TPSA) is 79.1 Å². The van der Waals surface area contributed by atoms with E-state index in [0.717, 1.165) is 5.56 Å². The Balaban J connectivity index is 1.91. The Morgan fingerprint density at radius 3 is 2.52 bits per heavy atom. The van der Waals surface area contributed by atoms with Crippen LogP contribution >= 0.6 is 11.3 Å². The van der Waals surface area contributed by atoms with Crippen LogP contribution in [0.15, 0.2) is 70.1 Å². The number of rotatable bonds is 7. The average molecular weight is 465 g/mol. The lowest BCUT2D eigenvalue weighted by atomic mass is 9.97. The number of thiazole rings is 1. The molecule has 1 aliphatic rings. The van der Waals surface area contributed by atoms with E-state index in [1.165, 1.54) is 29.2 Å². The van der Waals surface area contributed by atoms with Crippen LogP contribution in [0.5, 0.6) is 11.5 Å². The van der Waals surface area contributed by atoms with Gasteiger partial charge in [0.2, 0.25) is 0 Å². The predicted octanol–water partition coefficient (Wildman–Crippen LogP) is 2.82. The van der Waals surface area contributed by atoms with Crippen LogP contribution < -0.4 is 24.4 Å². The fourth-order valence-corrected chi connectivity index (χ4v) is 4.66. The molecule has 0 N–H and O–H groups in total. The van der Waals surface area contributed by atoms with E-state index in [0.29, 0.717) is 39.6 Å². The first kappa shape index (κ1) is 22.5. The van der Waals surface area contributed by atoms with E-state index in [1.807, 2.05) is 56.3 Å². The van der Waals surface area contributed by atoms with Crippen LogP contribution in [0.25, 0.3) is 6.08 Å². The largest absolute Gasteiger partial charge is 0.490 e. The summed E-state index contributed by atoms with van der Waals surface area (Å²) in [5, 5.41) is 0. The van der Waals surface area contributed by atoms with Gasteiger partial charge in [-0.05, 0) is 43.2 Å². The molecule has 0 radical (unpaired) electrons. The third-order valence-electron chi connectivity index (χ3n) is 5.11. The van der Waals surface area contributed by atoms with E-state index in [2.05, 4.69) is 4.99 Å². The standard InChI is InChI=1S/C25H24N2O5S/c1-4-31-19-12-11-17(14-20(19)32-5-2)22-18(24(29)30-3)15-26-25-27(22)23(28)21(33-25)13-16-9-7-6-8-10-16/h6-15,22H,4-5H2,1-3H3/b21-13-/t22-/m0/s1. The Morgan fingerprint density at radius 1 is 1.09 bits per heavy atom. The molecule has 0 saturated carbocycles. The zero-order valence-corrected chi connectivity index (χ0v) is 19.4. The molecular formula is C25H24N2O5S. The number of aromatic nitrogens is 1. The van der Waals surface area contributed by atoms with Gasteiger partial charge in [-0.25, -0.2) is 9.79 Å². The summed E-state index contributed by atoms with van der Waals surface area (Å²) in [6.45, 7) is 4.71. The molecule has 0 amide bonds. The van der Waals surface area contributed by atoms with Gasteiger partial charge in [-0.3, -0.25) is 9.36 Å². The fourth-order valence-electron chi connectivity index (χ4n) is 3.69. The average Bonchev–Trinajstić information content (AvgIpc) is 3.15. The highest BCUT2D eigenvalue weighted by Crippen LogP contribution is 2.35. The molecule has 0 fully saturated rings. The molecular weight excluding hydrogens is 440 g/mol. The number of hydrogen-bond acceptors (Lipinski definition) is 7. The second-order valence-electron chi connectivity index (χ2n) is 7.16. The first-order chi connectivity index (χ1) is 16.1. The zero-order chi connectivity index (χ0) is 23.4. The highest BCUT2D eigenvalue weighted by molar-refractivity contribution is 7.07. The molecule has 0 unspecified atom stereocenters. The molecule has 2 heterocycles. The third-order valence-corrected chi connectivity index (χ3v) is 6.10. The van der Waals surface area contributed by atoms with Crippen molar-refractivity contribution in [3.8, 4) is 11.5 Å². The van der Waals surface area contributed by atoms with Crippen molar-refractivity contribution < 1.29 is 19.0 Å². The number of fused-ring (bicyclic) bond motifs is 1. The lowest BCUT2D eigenvalue weighted by Gasteiger charge is -2.23. The molecule has 1 aliphatic heterocycles. The van der Waals surface area contributed by atoms with Gasteiger partial charge in [0, 0.05) is 6.20 Å². The quantitative estimate of drug-likeness (QED) is 0.503. The van der Waals surface area contributed by atoms with Crippen LogP contribution in [0.1, 0.15) is 31.0 Å². The van der Waals surface area contributed by atoms with Gasteiger partial charge in [-0.2, -0.15) is 0 Å². The summed E-state index contributed by atoms with van der Waals surface area (Å²) < 4.78 is 18.5. The molecule has 0 saturated heterocycles. The van der Waals surface area contributed by atoms with Crippen molar-refractivity contribution in [1.29, 1.82) is 0 Å². The molecule has 3 aromatic rings. The summed E-state index contributed by atoms with van der Waals surface area (Å²) in [6.07, 6.45) is 3.30. The number of carbonyl (C=O) groups is 1. The van der Waals surface area contributed by atoms with E-state index in [1.54, 1.807) is 12.1 Å². The lowest BCUT2D eigenvalue weighted by Crippen LogP contribution is -2.39. The van der Waals surface area contributed by atoms with Crippen molar-refractivity contribution in [3.05, 3.63) is 91.1 Å². The summed E-state index contributed by atoms with van der Waals surface area (Å²) in [6, 6.07) is 14.3. The smallest absolute Gasteiger partial charge is 0.337 e. The summed E-state index contributed by atoms with van der Waals surface area (Å²) in [7, 11) is 1.31. The maximum Gasteiger partial charge on any atom is 0.337 e. The first-order valence-electron chi connectivity index (χ1n) is 10.6. The van der Waals surface area contributed by atoms with Crippen molar-refractivity contribution in [3.63, 3.8) is 0 Å². The number of benzene rings is 2. The Morgan fingerprint density at radius 2 is 1.82 bits per heavy atom. The second kappa shape index (κ2) is 9.87. The molecule has 33 heavy (non-hydrogen) atoms. The molecule has 7 nitrogen and oxygen atoms in total. The van der Waals surface area contributed by atoms with Crippen LogP contribution in [-0.4, -0.2) is 30.9 Å². The van der Waals surface area contributed by atoms with Gasteiger partial charge in [0.15, 0.2) is 16.3 Å². The van der Waals surface area contributed by atoms with Gasteiger partial charge in [0.1, 0.15) is 0 Å². The maximum atomic E-state index is 13.5. The van der Waals surface area contributed by atoms with Crippen LogP contribution in [0.2, 0.25) is 0 Å². The molecule has 0 aliphatic carbocycles. The molecule has 2 aromatic carbocycles. The monoisotopic (exact) mass is 464 g/mol. The summed E-state index contributed by atoms with van der Waals surface area (Å²) in [5.74, 6) is 0.598. The van der Waals surface area contributed by atoms with Crippen molar-refractivity contribution in [2.45, 2.75) is 19.9 Å². The molecule has 0 bridgehead atoms. The van der Waals surface area contributed by atoms with Crippen molar-refractivity contribution >= 4 is 23.4 Å². The number of carbonyl (C=O) groups excluding carboxylic acids is 1. The number of methoxy groups -OCH3 is 1. The van der Waals surface area contributed by atoms with E-state index in [4.69, 9.17) is 14.2 Å². The number of esters is 1. The molecule has 4 rings (SSSR count). The van der Waals surface area contributed by atoms with Gasteiger partial charge in [-0.1, -0.05) is 47.7 Å². The highest BCUT2D eigenvalue weighted by atomic mass is 32.1. The molecule has 1 atom stereocenters. The minimum absolute atomic E-state index is 0.228. The first-order valence-corrected chi connectivity index (χ1v) is 11.4. The normalized spacial score (nSPS) is 15.3. The van der Waals surface area contributed by atoms with Crippen LogP contribution in [0.4, 0.5) is 0 Å². The minimum Gasteiger partial charge on any atom is -0.490 e. The third kappa shape index (κ3) is 4.47. The van der Waals surface area contributed by atoms with Crippen LogP contribution in [-0.2, 0) is 9.53 Å². The Labute approximate surface area is 194 Å². The Bertz CT molecular complexity index is 1370. The molecule has 0 spiro atoms. The number of nitrogens with zero attached hydrogens (tertiary/aromatic N) is 2. The zero-order valence-electron chi connectivity index (χ0n) is 18.6. The highest BCUT2D eigenvalue weighted by Gasteiger charge is 2.31. The number of hydrogen-bond donors (Lipinski definition) is 0. The Kier molecular flexibility index (Phi) is 6.74. The fraction of sp³-hybridized carbons (Fsp3) is 0.240. The minimum atomic E-state index is -0.707. The van der Waals surface area contributed by atoms with Crippen molar-refractivity contribution in [2.75, 3.05) is 20.3 Å². The maximum absolute atomic E-state index is 13.5. The van der Waals surface area contributed by atoms with Crippen molar-refractivity contribution in [2.24, 2.45) is 4.99 Å². The van der Waals surface area contributed by atoms with Gasteiger partial charge in [-0.15, -0.1) is 0 Å². The van der Waals surface area contributed by atoms with Gasteiger partial charge in [0.25, 0.3) is 5.56 Å². The van der Waals surface area contributed by atoms with Gasteiger partial charge in [0.05, 0.1) is 36.5 Å². The second-order valence-corrected chi connectivity index (χ2v) is 8.17.